The predicted octanol–water partition coefficient (Wildman–Crippen LogP) is 3.81. The predicted molar refractivity (Wildman–Crippen MR) is 130 cm³/mol. The van der Waals surface area contributed by atoms with Crippen molar-refractivity contribution in [1.29, 1.82) is 0 Å². The van der Waals surface area contributed by atoms with Crippen LogP contribution in [0.1, 0.15) is 11.3 Å². The van der Waals surface area contributed by atoms with E-state index in [9.17, 15) is 9.59 Å². The molecule has 2 aromatic carbocycles. The van der Waals surface area contributed by atoms with Crippen LogP contribution in [0.5, 0.6) is 0 Å². The Bertz CT molecular complexity index is 1370. The van der Waals surface area contributed by atoms with Crippen LogP contribution in [0.15, 0.2) is 89.3 Å². The van der Waals surface area contributed by atoms with Crippen molar-refractivity contribution in [2.45, 2.75) is 13.1 Å². The van der Waals surface area contributed by atoms with Gasteiger partial charge in [0.05, 0.1) is 18.5 Å². The Hall–Kier alpha value is -4.17. The molecule has 4 aromatic rings. The van der Waals surface area contributed by atoms with E-state index in [2.05, 4.69) is 10.6 Å². The van der Waals surface area contributed by atoms with Gasteiger partial charge in [-0.2, -0.15) is 0 Å². The fraction of sp³-hybridized carbons (Fsp3) is 0.0800. The van der Waals surface area contributed by atoms with E-state index in [1.807, 2.05) is 71.4 Å². The largest absolute Gasteiger partial charge is 0.467 e. The van der Waals surface area contributed by atoms with Crippen LogP contribution >= 0.6 is 12.2 Å². The third-order valence-corrected chi connectivity index (χ3v) is 5.65. The first kappa shape index (κ1) is 20.7. The number of furan rings is 1. The fourth-order valence-corrected chi connectivity index (χ4v) is 4.13. The van der Waals surface area contributed by atoms with Gasteiger partial charge >= 0.3 is 0 Å². The first-order valence-electron chi connectivity index (χ1n) is 10.4. The molecule has 164 valence electrons. The van der Waals surface area contributed by atoms with E-state index in [0.717, 1.165) is 16.5 Å². The Morgan fingerprint density at radius 1 is 1.06 bits per heavy atom. The Balaban J connectivity index is 1.41. The first-order chi connectivity index (χ1) is 16.1. The second kappa shape index (κ2) is 8.76. The molecule has 7 nitrogen and oxygen atoms in total. The number of aromatic nitrogens is 1. The number of para-hydroxylation sites is 2. The average Bonchev–Trinajstić information content (AvgIpc) is 3.53. The molecule has 2 aromatic heterocycles. The Morgan fingerprint density at radius 3 is 2.64 bits per heavy atom. The zero-order chi connectivity index (χ0) is 22.8. The number of thiocarbonyl (C=S) groups is 1. The van der Waals surface area contributed by atoms with E-state index in [0.29, 0.717) is 28.8 Å². The van der Waals surface area contributed by atoms with Gasteiger partial charge in [0.25, 0.3) is 5.91 Å². The number of carbonyl (C=O) groups is 2. The number of carbonyl (C=O) groups excluding carboxylic acids is 2. The van der Waals surface area contributed by atoms with Gasteiger partial charge in [-0.1, -0.05) is 36.4 Å². The van der Waals surface area contributed by atoms with Gasteiger partial charge in [0, 0.05) is 22.7 Å². The average molecular weight is 457 g/mol. The number of hydrogen-bond donors (Lipinski definition) is 2. The molecule has 1 fully saturated rings. The Morgan fingerprint density at radius 2 is 1.85 bits per heavy atom. The fourth-order valence-electron chi connectivity index (χ4n) is 3.83. The lowest BCUT2D eigenvalue weighted by Gasteiger charge is -2.13. The second-order valence-corrected chi connectivity index (χ2v) is 7.94. The minimum atomic E-state index is -0.223. The lowest BCUT2D eigenvalue weighted by atomic mass is 10.1. The van der Waals surface area contributed by atoms with Crippen LogP contribution in [-0.2, 0) is 22.7 Å². The van der Waals surface area contributed by atoms with Gasteiger partial charge in [0.1, 0.15) is 18.0 Å². The highest BCUT2D eigenvalue weighted by Crippen LogP contribution is 2.26. The number of benzene rings is 2. The Kier molecular flexibility index (Phi) is 5.50. The summed E-state index contributed by atoms with van der Waals surface area (Å²) in [6.07, 6.45) is 5.22. The van der Waals surface area contributed by atoms with Crippen LogP contribution in [0.25, 0.3) is 17.0 Å². The molecular formula is C25H20N4O3S. The quantitative estimate of drug-likeness (QED) is 0.341. The number of fused-ring (bicyclic) bond motifs is 1. The summed E-state index contributed by atoms with van der Waals surface area (Å²) in [5.74, 6) is 0.327. The molecule has 0 radical (unpaired) electrons. The van der Waals surface area contributed by atoms with E-state index in [1.54, 1.807) is 18.4 Å². The summed E-state index contributed by atoms with van der Waals surface area (Å²) < 4.78 is 7.13. The minimum absolute atomic E-state index is 0.139. The lowest BCUT2D eigenvalue weighted by Crippen LogP contribution is -2.30. The molecule has 0 aliphatic carbocycles. The van der Waals surface area contributed by atoms with Crippen molar-refractivity contribution < 1.29 is 14.0 Å². The maximum atomic E-state index is 13.1. The van der Waals surface area contributed by atoms with Crippen molar-refractivity contribution in [3.05, 3.63) is 96.2 Å². The highest BCUT2D eigenvalue weighted by Gasteiger charge is 2.32. The van der Waals surface area contributed by atoms with Crippen LogP contribution in [0, 0.1) is 0 Å². The standard InChI is InChI=1S/C25H20N4O3S/c30-23(26-14-19-9-6-12-32-19)16-28-15-17(20-10-4-5-11-22(20)28)13-21-24(31)29(25(33)27-21)18-7-2-1-3-8-18/h1-13,15H,14,16H2,(H,26,30)(H,27,33)/b21-13-. The third kappa shape index (κ3) is 4.16. The molecular weight excluding hydrogens is 436 g/mol. The van der Waals surface area contributed by atoms with Crippen molar-refractivity contribution in [1.82, 2.24) is 15.2 Å². The van der Waals surface area contributed by atoms with Gasteiger partial charge in [-0.05, 0) is 48.6 Å². The molecule has 8 heteroatoms. The molecule has 2 amide bonds. The van der Waals surface area contributed by atoms with Gasteiger partial charge < -0.3 is 19.6 Å². The third-order valence-electron chi connectivity index (χ3n) is 5.37. The topological polar surface area (TPSA) is 79.5 Å². The minimum Gasteiger partial charge on any atom is -0.467 e. The van der Waals surface area contributed by atoms with E-state index in [-0.39, 0.29) is 18.4 Å². The zero-order valence-electron chi connectivity index (χ0n) is 17.5. The van der Waals surface area contributed by atoms with Crippen LogP contribution in [-0.4, -0.2) is 21.5 Å². The zero-order valence-corrected chi connectivity index (χ0v) is 18.3. The smallest absolute Gasteiger partial charge is 0.281 e. The summed E-state index contributed by atoms with van der Waals surface area (Å²) in [4.78, 5) is 27.1. The molecule has 5 rings (SSSR count). The van der Waals surface area contributed by atoms with Crippen LogP contribution in [0.2, 0.25) is 0 Å². The van der Waals surface area contributed by atoms with Crippen LogP contribution in [0.3, 0.4) is 0 Å². The van der Waals surface area contributed by atoms with E-state index < -0.39 is 0 Å². The van der Waals surface area contributed by atoms with E-state index >= 15 is 0 Å². The molecule has 0 atom stereocenters. The van der Waals surface area contributed by atoms with Gasteiger partial charge in [-0.15, -0.1) is 0 Å². The summed E-state index contributed by atoms with van der Waals surface area (Å²) in [5, 5.41) is 7.14. The summed E-state index contributed by atoms with van der Waals surface area (Å²) in [6, 6.07) is 20.6. The maximum Gasteiger partial charge on any atom is 0.281 e. The second-order valence-electron chi connectivity index (χ2n) is 7.55. The summed E-state index contributed by atoms with van der Waals surface area (Å²) in [5.41, 5.74) is 2.80. The molecule has 1 aliphatic rings. The molecule has 2 N–H and O–H groups in total. The van der Waals surface area contributed by atoms with E-state index in [4.69, 9.17) is 16.6 Å². The monoisotopic (exact) mass is 456 g/mol. The molecule has 0 bridgehead atoms. The normalized spacial score (nSPS) is 14.8. The van der Waals surface area contributed by atoms with Crippen molar-refractivity contribution in [2.75, 3.05) is 4.90 Å². The van der Waals surface area contributed by atoms with Crippen molar-refractivity contribution >= 4 is 51.8 Å². The lowest BCUT2D eigenvalue weighted by molar-refractivity contribution is -0.121. The number of amides is 2. The van der Waals surface area contributed by atoms with Crippen LogP contribution < -0.4 is 15.5 Å². The van der Waals surface area contributed by atoms with Gasteiger partial charge in [-0.25, -0.2) is 0 Å². The maximum absolute atomic E-state index is 13.1. The molecule has 0 unspecified atom stereocenters. The van der Waals surface area contributed by atoms with Crippen molar-refractivity contribution in [3.8, 4) is 0 Å². The molecule has 1 saturated heterocycles. The van der Waals surface area contributed by atoms with Crippen LogP contribution in [0.4, 0.5) is 5.69 Å². The number of hydrogen-bond acceptors (Lipinski definition) is 4. The number of rotatable bonds is 6. The molecule has 3 heterocycles. The number of anilines is 1. The summed E-state index contributed by atoms with van der Waals surface area (Å²) in [6.45, 7) is 0.466. The molecule has 0 spiro atoms. The first-order valence-corrected chi connectivity index (χ1v) is 10.8. The summed E-state index contributed by atoms with van der Waals surface area (Å²) in [7, 11) is 0. The number of nitrogens with one attached hydrogen (secondary N) is 2. The van der Waals surface area contributed by atoms with Gasteiger partial charge in [0.2, 0.25) is 5.91 Å². The summed E-state index contributed by atoms with van der Waals surface area (Å²) >= 11 is 5.40. The Labute approximate surface area is 195 Å². The van der Waals surface area contributed by atoms with Crippen molar-refractivity contribution in [3.63, 3.8) is 0 Å². The van der Waals surface area contributed by atoms with Gasteiger partial charge in [-0.3, -0.25) is 14.5 Å². The molecule has 0 saturated carbocycles. The SMILES string of the molecule is O=C(Cn1cc(/C=C2\NC(=S)N(c3ccccc3)C2=O)c2ccccc21)NCc1ccco1. The highest BCUT2D eigenvalue weighted by atomic mass is 32.1. The molecule has 1 aliphatic heterocycles. The van der Waals surface area contributed by atoms with Gasteiger partial charge in [0.15, 0.2) is 5.11 Å². The molecule has 33 heavy (non-hydrogen) atoms. The highest BCUT2D eigenvalue weighted by molar-refractivity contribution is 7.80. The number of nitrogens with zero attached hydrogens (tertiary/aromatic N) is 2. The van der Waals surface area contributed by atoms with Crippen molar-refractivity contribution in [2.24, 2.45) is 0 Å². The van der Waals surface area contributed by atoms with E-state index in [1.165, 1.54) is 4.90 Å².